The number of hydrogen-bond acceptors (Lipinski definition) is 5. The first-order valence-corrected chi connectivity index (χ1v) is 8.63. The lowest BCUT2D eigenvalue weighted by Gasteiger charge is -2.38. The molecule has 0 bridgehead atoms. The highest BCUT2D eigenvalue weighted by atomic mass is 32.2. The average Bonchev–Trinajstić information content (AvgIpc) is 2.24. The van der Waals surface area contributed by atoms with Gasteiger partial charge in [0.25, 0.3) is 10.1 Å². The van der Waals surface area contributed by atoms with E-state index in [4.69, 9.17) is 8.92 Å². The molecule has 7 heteroatoms. The molecule has 0 aromatic rings. The van der Waals surface area contributed by atoms with E-state index in [0.717, 1.165) is 19.1 Å². The van der Waals surface area contributed by atoms with Crippen LogP contribution in [0.1, 0.15) is 40.5 Å². The Labute approximate surface area is 121 Å². The van der Waals surface area contributed by atoms with Crippen LogP contribution in [0.15, 0.2) is 0 Å². The molecular weight excluding hydrogens is 282 g/mol. The van der Waals surface area contributed by atoms with Crippen LogP contribution in [0.2, 0.25) is 0 Å². The van der Waals surface area contributed by atoms with Crippen molar-refractivity contribution in [3.63, 3.8) is 0 Å². The van der Waals surface area contributed by atoms with E-state index in [-0.39, 0.29) is 24.7 Å². The molecular formula is C13H25NO5S. The number of amides is 1. The first kappa shape index (κ1) is 17.2. The summed E-state index contributed by atoms with van der Waals surface area (Å²) in [5.41, 5.74) is -0.535. The quantitative estimate of drug-likeness (QED) is 0.746. The fourth-order valence-electron chi connectivity index (χ4n) is 2.11. The van der Waals surface area contributed by atoms with E-state index in [1.807, 2.05) is 27.7 Å². The van der Waals surface area contributed by atoms with Crippen molar-refractivity contribution in [3.8, 4) is 0 Å². The molecule has 0 aromatic carbocycles. The fraction of sp³-hybridized carbons (Fsp3) is 0.923. The second kappa shape index (κ2) is 6.30. The minimum Gasteiger partial charge on any atom is -0.444 e. The highest BCUT2D eigenvalue weighted by molar-refractivity contribution is 7.85. The molecule has 0 saturated carbocycles. The average molecular weight is 307 g/mol. The van der Waals surface area contributed by atoms with E-state index in [1.165, 1.54) is 0 Å². The minimum atomic E-state index is -3.44. The number of carbonyl (C=O) groups excluding carboxylic acids is 1. The van der Waals surface area contributed by atoms with E-state index in [9.17, 15) is 13.2 Å². The third kappa shape index (κ3) is 6.09. The predicted octanol–water partition coefficient (Wildman–Crippen LogP) is 2.00. The third-order valence-electron chi connectivity index (χ3n) is 3.13. The molecule has 6 nitrogen and oxygen atoms in total. The van der Waals surface area contributed by atoms with Gasteiger partial charge in [-0.15, -0.1) is 0 Å². The number of likely N-dealkylation sites (tertiary alicyclic amines) is 1. The normalized spacial score (nSPS) is 24.6. The Morgan fingerprint density at radius 1 is 1.30 bits per heavy atom. The van der Waals surface area contributed by atoms with E-state index in [0.29, 0.717) is 6.54 Å². The van der Waals surface area contributed by atoms with Gasteiger partial charge in [0.15, 0.2) is 0 Å². The lowest BCUT2D eigenvalue weighted by atomic mass is 9.94. The van der Waals surface area contributed by atoms with Gasteiger partial charge in [-0.2, -0.15) is 8.42 Å². The Morgan fingerprint density at radius 2 is 1.90 bits per heavy atom. The first-order chi connectivity index (χ1) is 8.98. The summed E-state index contributed by atoms with van der Waals surface area (Å²) in [6, 6.07) is 0.0966. The standard InChI is InChI=1S/C13H25NO5S/c1-10-6-7-11(9-18-20(5,16)17)8-14(10)12(15)19-13(2,3)4/h10-11H,6-9H2,1-5H3/t10-,11-/m1/s1. The zero-order valence-corrected chi connectivity index (χ0v) is 13.7. The zero-order valence-electron chi connectivity index (χ0n) is 12.9. The Bertz CT molecular complexity index is 440. The monoisotopic (exact) mass is 307 g/mol. The maximum atomic E-state index is 12.1. The Hall–Kier alpha value is -0.820. The van der Waals surface area contributed by atoms with Crippen molar-refractivity contribution in [1.82, 2.24) is 4.90 Å². The van der Waals surface area contributed by atoms with Gasteiger partial charge in [0.05, 0.1) is 12.9 Å². The number of rotatable bonds is 3. The van der Waals surface area contributed by atoms with Gasteiger partial charge in [-0.1, -0.05) is 0 Å². The van der Waals surface area contributed by atoms with Crippen LogP contribution in [0.5, 0.6) is 0 Å². The van der Waals surface area contributed by atoms with Crippen LogP contribution < -0.4 is 0 Å². The number of hydrogen-bond donors (Lipinski definition) is 0. The molecule has 0 radical (unpaired) electrons. The van der Waals surface area contributed by atoms with Gasteiger partial charge < -0.3 is 9.64 Å². The van der Waals surface area contributed by atoms with E-state index in [2.05, 4.69) is 0 Å². The maximum absolute atomic E-state index is 12.1. The lowest BCUT2D eigenvalue weighted by Crippen LogP contribution is -2.48. The van der Waals surface area contributed by atoms with Crippen molar-refractivity contribution in [3.05, 3.63) is 0 Å². The highest BCUT2D eigenvalue weighted by Gasteiger charge is 2.32. The Balaban J connectivity index is 2.60. The molecule has 1 amide bonds. The largest absolute Gasteiger partial charge is 0.444 e. The molecule has 1 heterocycles. The molecule has 0 aromatic heterocycles. The summed E-state index contributed by atoms with van der Waals surface area (Å²) in [4.78, 5) is 13.8. The Morgan fingerprint density at radius 3 is 2.40 bits per heavy atom. The van der Waals surface area contributed by atoms with Crippen LogP contribution in [0.3, 0.4) is 0 Å². The Kier molecular flexibility index (Phi) is 5.43. The molecule has 0 aliphatic carbocycles. The minimum absolute atomic E-state index is 0.0217. The molecule has 1 aliphatic rings. The molecule has 0 unspecified atom stereocenters. The van der Waals surface area contributed by atoms with Crippen LogP contribution in [-0.2, 0) is 19.0 Å². The van der Waals surface area contributed by atoms with Crippen LogP contribution in [0, 0.1) is 5.92 Å². The summed E-state index contributed by atoms with van der Waals surface area (Å²) in [7, 11) is -3.44. The van der Waals surface area contributed by atoms with E-state index < -0.39 is 15.7 Å². The van der Waals surface area contributed by atoms with Crippen molar-refractivity contribution in [2.24, 2.45) is 5.92 Å². The molecule has 118 valence electrons. The van der Waals surface area contributed by atoms with E-state index in [1.54, 1.807) is 4.90 Å². The van der Waals surface area contributed by atoms with Gasteiger partial charge in [0.2, 0.25) is 0 Å². The van der Waals surface area contributed by atoms with Gasteiger partial charge in [-0.3, -0.25) is 4.18 Å². The van der Waals surface area contributed by atoms with Crippen LogP contribution >= 0.6 is 0 Å². The molecule has 0 N–H and O–H groups in total. The zero-order chi connectivity index (χ0) is 15.6. The van der Waals surface area contributed by atoms with Crippen LogP contribution in [0.25, 0.3) is 0 Å². The molecule has 1 aliphatic heterocycles. The van der Waals surface area contributed by atoms with Gasteiger partial charge in [-0.05, 0) is 40.5 Å². The highest BCUT2D eigenvalue weighted by Crippen LogP contribution is 2.24. The van der Waals surface area contributed by atoms with Gasteiger partial charge in [0, 0.05) is 18.5 Å². The fourth-order valence-corrected chi connectivity index (χ4v) is 2.55. The molecule has 1 fully saturated rings. The summed E-state index contributed by atoms with van der Waals surface area (Å²) in [5, 5.41) is 0. The van der Waals surface area contributed by atoms with Gasteiger partial charge >= 0.3 is 6.09 Å². The topological polar surface area (TPSA) is 72.9 Å². The first-order valence-electron chi connectivity index (χ1n) is 6.82. The summed E-state index contributed by atoms with van der Waals surface area (Å²) >= 11 is 0. The third-order valence-corrected chi connectivity index (χ3v) is 3.69. The molecule has 0 spiro atoms. The lowest BCUT2D eigenvalue weighted by molar-refractivity contribution is 0.00239. The second-order valence-corrected chi connectivity index (χ2v) is 8.06. The van der Waals surface area contributed by atoms with Crippen molar-refractivity contribution in [2.75, 3.05) is 19.4 Å². The van der Waals surface area contributed by atoms with Gasteiger partial charge in [-0.25, -0.2) is 4.79 Å². The summed E-state index contributed by atoms with van der Waals surface area (Å²) < 4.78 is 32.2. The molecule has 1 saturated heterocycles. The van der Waals surface area contributed by atoms with Crippen LogP contribution in [0.4, 0.5) is 4.79 Å². The number of ether oxygens (including phenoxy) is 1. The van der Waals surface area contributed by atoms with E-state index >= 15 is 0 Å². The number of carbonyl (C=O) groups is 1. The smallest absolute Gasteiger partial charge is 0.410 e. The summed E-state index contributed by atoms with van der Waals surface area (Å²) in [5.74, 6) is 0.0217. The van der Waals surface area contributed by atoms with Gasteiger partial charge in [0.1, 0.15) is 5.60 Å². The predicted molar refractivity (Wildman–Crippen MR) is 75.9 cm³/mol. The van der Waals surface area contributed by atoms with Crippen molar-refractivity contribution in [2.45, 2.75) is 52.2 Å². The summed E-state index contributed by atoms with van der Waals surface area (Å²) in [6.45, 7) is 8.02. The molecule has 1 rings (SSSR count). The number of piperidine rings is 1. The SMILES string of the molecule is C[C@@H]1CC[C@@H](COS(C)(=O)=O)CN1C(=O)OC(C)(C)C. The molecule has 20 heavy (non-hydrogen) atoms. The second-order valence-electron chi connectivity index (χ2n) is 6.41. The molecule has 2 atom stereocenters. The van der Waals surface area contributed by atoms with Crippen molar-refractivity contribution in [1.29, 1.82) is 0 Å². The van der Waals surface area contributed by atoms with Crippen LogP contribution in [-0.4, -0.2) is 50.5 Å². The number of nitrogens with zero attached hydrogens (tertiary/aromatic N) is 1. The summed E-state index contributed by atoms with van der Waals surface area (Å²) in [6.07, 6.45) is 2.34. The van der Waals surface area contributed by atoms with Crippen molar-refractivity contribution >= 4 is 16.2 Å². The maximum Gasteiger partial charge on any atom is 0.410 e. The van der Waals surface area contributed by atoms with Crippen molar-refractivity contribution < 1.29 is 22.1 Å².